The van der Waals surface area contributed by atoms with Crippen LogP contribution in [0.5, 0.6) is 0 Å². The van der Waals surface area contributed by atoms with Crippen molar-refractivity contribution in [3.05, 3.63) is 53.9 Å². The molecular weight excluding hydrogens is 276 g/mol. The van der Waals surface area contributed by atoms with E-state index in [9.17, 15) is 0 Å². The molecule has 0 aliphatic carbocycles. The average Bonchev–Trinajstić information content (AvgIpc) is 3.06. The second kappa shape index (κ2) is 7.33. The molecule has 0 atom stereocenters. The summed E-state index contributed by atoms with van der Waals surface area (Å²) in [5.41, 5.74) is 1.89. The van der Waals surface area contributed by atoms with Gasteiger partial charge < -0.3 is 5.11 Å². The van der Waals surface area contributed by atoms with Crippen molar-refractivity contribution >= 4 is 6.08 Å². The fourth-order valence-corrected chi connectivity index (χ4v) is 2.83. The largest absolute Gasteiger partial charge is 0.390 e. The van der Waals surface area contributed by atoms with Gasteiger partial charge in [-0.15, -0.1) is 5.10 Å². The van der Waals surface area contributed by atoms with Crippen molar-refractivity contribution < 1.29 is 5.11 Å². The molecule has 116 valence electrons. The molecule has 0 bridgehead atoms. The molecule has 5 heteroatoms. The SMILES string of the molecule is OCc1cn(C2CCN(C/C=C/c3ccccc3)CC2)nn1. The summed E-state index contributed by atoms with van der Waals surface area (Å²) in [4.78, 5) is 2.46. The van der Waals surface area contributed by atoms with Crippen LogP contribution in [0.25, 0.3) is 6.08 Å². The minimum Gasteiger partial charge on any atom is -0.390 e. The maximum absolute atomic E-state index is 9.05. The molecule has 1 aromatic carbocycles. The highest BCUT2D eigenvalue weighted by Crippen LogP contribution is 2.21. The van der Waals surface area contributed by atoms with Crippen LogP contribution < -0.4 is 0 Å². The molecule has 2 aromatic rings. The molecule has 1 N–H and O–H groups in total. The van der Waals surface area contributed by atoms with Gasteiger partial charge in [0.25, 0.3) is 0 Å². The van der Waals surface area contributed by atoms with E-state index in [-0.39, 0.29) is 6.61 Å². The van der Waals surface area contributed by atoms with E-state index in [0.717, 1.165) is 32.5 Å². The molecule has 1 saturated heterocycles. The number of likely N-dealkylation sites (tertiary alicyclic amines) is 1. The second-order valence-electron chi connectivity index (χ2n) is 5.69. The topological polar surface area (TPSA) is 54.2 Å². The summed E-state index contributed by atoms with van der Waals surface area (Å²) < 4.78 is 1.91. The van der Waals surface area contributed by atoms with Gasteiger partial charge in [-0.25, -0.2) is 4.68 Å². The number of aromatic nitrogens is 3. The van der Waals surface area contributed by atoms with Crippen LogP contribution in [-0.4, -0.2) is 44.6 Å². The van der Waals surface area contributed by atoms with Gasteiger partial charge in [0, 0.05) is 19.6 Å². The fourth-order valence-electron chi connectivity index (χ4n) is 2.83. The Hall–Kier alpha value is -1.98. The maximum Gasteiger partial charge on any atom is 0.108 e. The Morgan fingerprint density at radius 2 is 1.95 bits per heavy atom. The molecule has 1 fully saturated rings. The monoisotopic (exact) mass is 298 g/mol. The Morgan fingerprint density at radius 3 is 2.64 bits per heavy atom. The van der Waals surface area contributed by atoms with Crippen LogP contribution in [0.2, 0.25) is 0 Å². The van der Waals surface area contributed by atoms with Crippen LogP contribution >= 0.6 is 0 Å². The zero-order valence-electron chi connectivity index (χ0n) is 12.7. The van der Waals surface area contributed by atoms with E-state index >= 15 is 0 Å². The molecule has 0 saturated carbocycles. The van der Waals surface area contributed by atoms with Crippen LogP contribution in [0, 0.1) is 0 Å². The van der Waals surface area contributed by atoms with Crippen molar-refractivity contribution in [2.45, 2.75) is 25.5 Å². The predicted octanol–water partition coefficient (Wildman–Crippen LogP) is 2.12. The van der Waals surface area contributed by atoms with Crippen molar-refractivity contribution in [2.75, 3.05) is 19.6 Å². The number of aliphatic hydroxyl groups excluding tert-OH is 1. The molecule has 3 rings (SSSR count). The lowest BCUT2D eigenvalue weighted by Crippen LogP contribution is -2.34. The number of benzene rings is 1. The summed E-state index contributed by atoms with van der Waals surface area (Å²) in [6, 6.07) is 10.8. The molecule has 5 nitrogen and oxygen atoms in total. The Balaban J connectivity index is 1.46. The standard InChI is InChI=1S/C17H22N4O/c22-14-16-13-21(19-18-16)17-8-11-20(12-9-17)10-4-7-15-5-2-1-3-6-15/h1-7,13,17,22H,8-12,14H2/b7-4+. The van der Waals surface area contributed by atoms with E-state index in [1.807, 2.05) is 16.9 Å². The van der Waals surface area contributed by atoms with Gasteiger partial charge in [0.2, 0.25) is 0 Å². The zero-order valence-corrected chi connectivity index (χ0v) is 12.7. The number of piperidine rings is 1. The van der Waals surface area contributed by atoms with Gasteiger partial charge in [0.1, 0.15) is 5.69 Å². The van der Waals surface area contributed by atoms with E-state index in [2.05, 4.69) is 51.6 Å². The number of nitrogens with zero attached hydrogens (tertiary/aromatic N) is 4. The quantitative estimate of drug-likeness (QED) is 0.918. The Bertz CT molecular complexity index is 600. The molecule has 0 radical (unpaired) electrons. The number of aliphatic hydroxyl groups is 1. The van der Waals surface area contributed by atoms with Gasteiger partial charge >= 0.3 is 0 Å². The van der Waals surface area contributed by atoms with Crippen LogP contribution in [-0.2, 0) is 6.61 Å². The Morgan fingerprint density at radius 1 is 1.18 bits per heavy atom. The van der Waals surface area contributed by atoms with Crippen molar-refractivity contribution in [2.24, 2.45) is 0 Å². The van der Waals surface area contributed by atoms with E-state index in [4.69, 9.17) is 5.11 Å². The van der Waals surface area contributed by atoms with E-state index in [1.54, 1.807) is 0 Å². The van der Waals surface area contributed by atoms with E-state index in [1.165, 1.54) is 5.56 Å². The van der Waals surface area contributed by atoms with Gasteiger partial charge in [0.05, 0.1) is 18.8 Å². The van der Waals surface area contributed by atoms with Gasteiger partial charge in [-0.05, 0) is 18.4 Å². The van der Waals surface area contributed by atoms with E-state index < -0.39 is 0 Å². The third kappa shape index (κ3) is 3.81. The lowest BCUT2D eigenvalue weighted by molar-refractivity contribution is 0.194. The number of hydrogen-bond acceptors (Lipinski definition) is 4. The highest BCUT2D eigenvalue weighted by Gasteiger charge is 2.20. The molecule has 0 spiro atoms. The highest BCUT2D eigenvalue weighted by molar-refractivity contribution is 5.48. The van der Waals surface area contributed by atoms with Gasteiger partial charge in [-0.3, -0.25) is 4.90 Å². The van der Waals surface area contributed by atoms with Gasteiger partial charge in [0.15, 0.2) is 0 Å². The summed E-state index contributed by atoms with van der Waals surface area (Å²) >= 11 is 0. The predicted molar refractivity (Wildman–Crippen MR) is 86.1 cm³/mol. The van der Waals surface area contributed by atoms with Crippen molar-refractivity contribution in [1.29, 1.82) is 0 Å². The maximum atomic E-state index is 9.05. The first-order valence-electron chi connectivity index (χ1n) is 7.80. The molecular formula is C17H22N4O. The van der Waals surface area contributed by atoms with Crippen LogP contribution in [0.15, 0.2) is 42.6 Å². The van der Waals surface area contributed by atoms with Gasteiger partial charge in [-0.2, -0.15) is 0 Å². The van der Waals surface area contributed by atoms with Crippen LogP contribution in [0.3, 0.4) is 0 Å². The highest BCUT2D eigenvalue weighted by atomic mass is 16.3. The normalized spacial score (nSPS) is 17.3. The summed E-state index contributed by atoms with van der Waals surface area (Å²) in [5.74, 6) is 0. The first kappa shape index (κ1) is 14.9. The van der Waals surface area contributed by atoms with Gasteiger partial charge in [-0.1, -0.05) is 47.7 Å². The molecule has 1 aromatic heterocycles. The first-order chi connectivity index (χ1) is 10.8. The number of rotatable bonds is 5. The van der Waals surface area contributed by atoms with Crippen molar-refractivity contribution in [3.63, 3.8) is 0 Å². The Labute approximate surface area is 130 Å². The lowest BCUT2D eigenvalue weighted by Gasteiger charge is -2.30. The third-order valence-electron chi connectivity index (χ3n) is 4.12. The fraction of sp³-hybridized carbons (Fsp3) is 0.412. The molecule has 0 unspecified atom stereocenters. The molecule has 2 heterocycles. The minimum absolute atomic E-state index is 0.0386. The third-order valence-corrected chi connectivity index (χ3v) is 4.12. The number of hydrogen-bond donors (Lipinski definition) is 1. The summed E-state index contributed by atoms with van der Waals surface area (Å²) in [7, 11) is 0. The van der Waals surface area contributed by atoms with Crippen molar-refractivity contribution in [3.8, 4) is 0 Å². The smallest absolute Gasteiger partial charge is 0.108 e. The van der Waals surface area contributed by atoms with E-state index in [0.29, 0.717) is 11.7 Å². The van der Waals surface area contributed by atoms with Crippen LogP contribution in [0.4, 0.5) is 0 Å². The first-order valence-corrected chi connectivity index (χ1v) is 7.80. The lowest BCUT2D eigenvalue weighted by atomic mass is 10.1. The summed E-state index contributed by atoms with van der Waals surface area (Å²) in [6.45, 7) is 3.08. The summed E-state index contributed by atoms with van der Waals surface area (Å²) in [6.07, 6.45) is 8.42. The molecule has 1 aliphatic heterocycles. The second-order valence-corrected chi connectivity index (χ2v) is 5.69. The molecule has 1 aliphatic rings. The minimum atomic E-state index is -0.0386. The van der Waals surface area contributed by atoms with Crippen molar-refractivity contribution in [1.82, 2.24) is 19.9 Å². The molecule has 22 heavy (non-hydrogen) atoms. The zero-order chi connectivity index (χ0) is 15.2. The average molecular weight is 298 g/mol. The molecule has 0 amide bonds. The summed E-state index contributed by atoms with van der Waals surface area (Å²) in [5, 5.41) is 17.1. The Kier molecular flexibility index (Phi) is 4.98. The van der Waals surface area contributed by atoms with Crippen LogP contribution in [0.1, 0.15) is 30.1 Å².